The molecule has 0 saturated heterocycles. The van der Waals surface area contributed by atoms with Crippen molar-refractivity contribution in [1.82, 2.24) is 0 Å². The monoisotopic (exact) mass is 408 g/mol. The fourth-order valence-electron chi connectivity index (χ4n) is 2.25. The molecule has 0 aromatic heterocycles. The lowest BCUT2D eigenvalue weighted by Crippen LogP contribution is -2.13. The summed E-state index contributed by atoms with van der Waals surface area (Å²) in [5.74, 6) is 0.506. The molecule has 0 fully saturated rings. The van der Waals surface area contributed by atoms with Gasteiger partial charge in [0.2, 0.25) is 0 Å². The van der Waals surface area contributed by atoms with Crippen LogP contribution in [-0.2, 0) is 0 Å². The van der Waals surface area contributed by atoms with Crippen LogP contribution in [0.15, 0.2) is 34.8 Å². The van der Waals surface area contributed by atoms with E-state index in [0.29, 0.717) is 39.4 Å². The number of rotatable bonds is 6. The molecular weight excluding hydrogens is 392 g/mol. The molecule has 7 nitrogen and oxygen atoms in total. The number of nitrogens with zero attached hydrogens (tertiary/aromatic N) is 1. The van der Waals surface area contributed by atoms with Crippen molar-refractivity contribution in [3.63, 3.8) is 0 Å². The molecule has 1 amide bonds. The molecule has 0 aliphatic rings. The van der Waals surface area contributed by atoms with Crippen LogP contribution < -0.4 is 14.8 Å². The molecule has 2 aromatic carbocycles. The van der Waals surface area contributed by atoms with Crippen LogP contribution in [0.5, 0.6) is 11.5 Å². The predicted molar refractivity (Wildman–Crippen MR) is 97.6 cm³/mol. The Balaban J connectivity index is 2.32. The first-order valence-electron chi connectivity index (χ1n) is 7.44. The predicted octanol–water partition coefficient (Wildman–Crippen LogP) is 4.33. The van der Waals surface area contributed by atoms with Crippen LogP contribution in [0.25, 0.3) is 0 Å². The van der Waals surface area contributed by atoms with E-state index in [9.17, 15) is 14.9 Å². The zero-order chi connectivity index (χ0) is 18.6. The largest absolute Gasteiger partial charge is 0.492 e. The zero-order valence-corrected chi connectivity index (χ0v) is 15.5. The number of hydrogen-bond acceptors (Lipinski definition) is 5. The van der Waals surface area contributed by atoms with Gasteiger partial charge in [-0.2, -0.15) is 0 Å². The van der Waals surface area contributed by atoms with E-state index >= 15 is 0 Å². The maximum absolute atomic E-state index is 12.5. The topological polar surface area (TPSA) is 90.7 Å². The number of amides is 1. The van der Waals surface area contributed by atoms with Gasteiger partial charge in [-0.05, 0) is 48.0 Å². The van der Waals surface area contributed by atoms with Gasteiger partial charge in [-0.15, -0.1) is 0 Å². The van der Waals surface area contributed by atoms with E-state index in [0.717, 1.165) is 0 Å². The van der Waals surface area contributed by atoms with E-state index in [4.69, 9.17) is 9.47 Å². The highest BCUT2D eigenvalue weighted by Crippen LogP contribution is 2.36. The van der Waals surface area contributed by atoms with E-state index in [2.05, 4.69) is 21.2 Å². The molecule has 0 heterocycles. The quantitative estimate of drug-likeness (QED) is 0.567. The third kappa shape index (κ3) is 4.27. The average molecular weight is 409 g/mol. The maximum atomic E-state index is 12.5. The van der Waals surface area contributed by atoms with Gasteiger partial charge in [0.1, 0.15) is 0 Å². The minimum Gasteiger partial charge on any atom is -0.492 e. The summed E-state index contributed by atoms with van der Waals surface area (Å²) in [5.41, 5.74) is 1.14. The number of methoxy groups -OCH3 is 1. The van der Waals surface area contributed by atoms with Crippen LogP contribution in [0.2, 0.25) is 0 Å². The highest BCUT2D eigenvalue weighted by molar-refractivity contribution is 9.10. The third-order valence-corrected chi connectivity index (χ3v) is 4.03. The second kappa shape index (κ2) is 7.98. The molecule has 2 aromatic rings. The minimum atomic E-state index is -0.484. The minimum absolute atomic E-state index is 0.0521. The van der Waals surface area contributed by atoms with Crippen LogP contribution >= 0.6 is 15.9 Å². The van der Waals surface area contributed by atoms with Crippen LogP contribution in [0.4, 0.5) is 11.4 Å². The number of nitrogens with one attached hydrogen (secondary N) is 1. The Morgan fingerprint density at radius 2 is 2.04 bits per heavy atom. The van der Waals surface area contributed by atoms with Gasteiger partial charge in [0.25, 0.3) is 11.6 Å². The molecule has 0 aliphatic heterocycles. The normalized spacial score (nSPS) is 10.2. The first-order chi connectivity index (χ1) is 11.9. The Kier molecular flexibility index (Phi) is 5.97. The first-order valence-corrected chi connectivity index (χ1v) is 8.23. The molecule has 0 radical (unpaired) electrons. The Morgan fingerprint density at radius 1 is 1.32 bits per heavy atom. The van der Waals surface area contributed by atoms with E-state index in [-0.39, 0.29) is 5.69 Å². The lowest BCUT2D eigenvalue weighted by atomic mass is 10.1. The molecule has 8 heteroatoms. The Hall–Kier alpha value is -2.61. The first kappa shape index (κ1) is 18.7. The number of carbonyl (C=O) groups is 1. The van der Waals surface area contributed by atoms with Crippen molar-refractivity contribution in [2.75, 3.05) is 19.0 Å². The molecule has 0 atom stereocenters. The molecule has 0 spiro atoms. The number of aryl methyl sites for hydroxylation is 1. The lowest BCUT2D eigenvalue weighted by molar-refractivity contribution is -0.385. The maximum Gasteiger partial charge on any atom is 0.274 e. The highest BCUT2D eigenvalue weighted by atomic mass is 79.9. The van der Waals surface area contributed by atoms with E-state index < -0.39 is 10.8 Å². The van der Waals surface area contributed by atoms with Crippen molar-refractivity contribution in [1.29, 1.82) is 0 Å². The SMILES string of the molecule is CCOc1cc(C(=O)Nc2ccc(C)c([N+](=O)[O-])c2)cc(Br)c1OC. The lowest BCUT2D eigenvalue weighted by Gasteiger charge is -2.13. The highest BCUT2D eigenvalue weighted by Gasteiger charge is 2.17. The molecule has 0 bridgehead atoms. The van der Waals surface area contributed by atoms with Crippen molar-refractivity contribution < 1.29 is 19.2 Å². The number of ether oxygens (including phenoxy) is 2. The molecule has 25 heavy (non-hydrogen) atoms. The standard InChI is InChI=1S/C17H17BrN2O5/c1-4-25-15-8-11(7-13(18)16(15)24-3)17(21)19-12-6-5-10(2)14(9-12)20(22)23/h5-9H,4H2,1-3H3,(H,19,21). The van der Waals surface area contributed by atoms with E-state index in [1.807, 2.05) is 6.92 Å². The van der Waals surface area contributed by atoms with Gasteiger partial charge in [-0.1, -0.05) is 6.07 Å². The molecule has 0 aliphatic carbocycles. The summed E-state index contributed by atoms with van der Waals surface area (Å²) in [7, 11) is 1.51. The van der Waals surface area contributed by atoms with Crippen LogP contribution in [0.1, 0.15) is 22.8 Å². The van der Waals surface area contributed by atoms with Crippen molar-refractivity contribution in [2.45, 2.75) is 13.8 Å². The Bertz CT molecular complexity index is 823. The summed E-state index contributed by atoms with van der Waals surface area (Å²) < 4.78 is 11.3. The molecule has 0 saturated carbocycles. The van der Waals surface area contributed by atoms with Crippen molar-refractivity contribution in [3.8, 4) is 11.5 Å². The van der Waals surface area contributed by atoms with Crippen molar-refractivity contribution in [2.24, 2.45) is 0 Å². The fourth-order valence-corrected chi connectivity index (χ4v) is 2.85. The van der Waals surface area contributed by atoms with Gasteiger partial charge in [0.15, 0.2) is 11.5 Å². The van der Waals surface area contributed by atoms with E-state index in [1.165, 1.54) is 13.2 Å². The van der Waals surface area contributed by atoms with Gasteiger partial charge >= 0.3 is 0 Å². The number of nitro benzene ring substituents is 1. The summed E-state index contributed by atoms with van der Waals surface area (Å²) in [6.45, 7) is 3.88. The number of carbonyl (C=O) groups excluding carboxylic acids is 1. The molecule has 132 valence electrons. The fraction of sp³-hybridized carbons (Fsp3) is 0.235. The van der Waals surface area contributed by atoms with Crippen molar-refractivity contribution in [3.05, 3.63) is 56.0 Å². The summed E-state index contributed by atoms with van der Waals surface area (Å²) in [6.07, 6.45) is 0. The number of nitro groups is 1. The molecule has 2 rings (SSSR count). The molecule has 0 unspecified atom stereocenters. The van der Waals surface area contributed by atoms with E-state index in [1.54, 1.807) is 31.2 Å². The number of hydrogen-bond donors (Lipinski definition) is 1. The summed E-state index contributed by atoms with van der Waals surface area (Å²) in [6, 6.07) is 7.69. The smallest absolute Gasteiger partial charge is 0.274 e. The number of anilines is 1. The number of halogens is 1. The van der Waals surface area contributed by atoms with Crippen LogP contribution in [-0.4, -0.2) is 24.5 Å². The molecule has 1 N–H and O–H groups in total. The van der Waals surface area contributed by atoms with Crippen LogP contribution in [0, 0.1) is 17.0 Å². The molecular formula is C17H17BrN2O5. The second-order valence-corrected chi connectivity index (χ2v) is 5.99. The third-order valence-electron chi connectivity index (χ3n) is 3.44. The van der Waals surface area contributed by atoms with Gasteiger partial charge in [0, 0.05) is 22.9 Å². The zero-order valence-electron chi connectivity index (χ0n) is 14.0. The summed E-state index contributed by atoms with van der Waals surface area (Å²) in [4.78, 5) is 23.0. The summed E-state index contributed by atoms with van der Waals surface area (Å²) >= 11 is 3.35. The van der Waals surface area contributed by atoms with Crippen LogP contribution in [0.3, 0.4) is 0 Å². The Labute approximate surface area is 153 Å². The average Bonchev–Trinajstić information content (AvgIpc) is 2.56. The number of benzene rings is 2. The van der Waals surface area contributed by atoms with Gasteiger partial charge in [-0.3, -0.25) is 14.9 Å². The Morgan fingerprint density at radius 3 is 2.64 bits per heavy atom. The van der Waals surface area contributed by atoms with Gasteiger partial charge in [0.05, 0.1) is 23.1 Å². The van der Waals surface area contributed by atoms with Gasteiger partial charge in [-0.25, -0.2) is 0 Å². The summed E-state index contributed by atoms with van der Waals surface area (Å²) in [5, 5.41) is 13.7. The van der Waals surface area contributed by atoms with Gasteiger partial charge < -0.3 is 14.8 Å². The second-order valence-electron chi connectivity index (χ2n) is 5.13. The van der Waals surface area contributed by atoms with Crippen molar-refractivity contribution >= 4 is 33.2 Å².